The van der Waals surface area contributed by atoms with E-state index in [9.17, 15) is 13.6 Å². The Kier molecular flexibility index (Phi) is 6.36. The number of nitrogens with one attached hydrogen (secondary N) is 1. The van der Waals surface area contributed by atoms with Gasteiger partial charge in [-0.25, -0.2) is 8.78 Å². The van der Waals surface area contributed by atoms with Gasteiger partial charge in [-0.3, -0.25) is 4.79 Å². The van der Waals surface area contributed by atoms with Crippen molar-refractivity contribution in [2.45, 2.75) is 31.7 Å². The standard InChI is InChI=1S/C14H18F2N2O.ClH/c15-11-3-1-2-10(14(11)16)6-7-13(19)18-8-12(17)9-4-5-9;/h1-3,9,12H,4-8,17H2,(H,18,19);1H. The van der Waals surface area contributed by atoms with E-state index in [1.807, 2.05) is 0 Å². The summed E-state index contributed by atoms with van der Waals surface area (Å²) in [4.78, 5) is 11.6. The molecule has 1 aromatic rings. The highest BCUT2D eigenvalue weighted by Gasteiger charge is 2.28. The molecule has 0 radical (unpaired) electrons. The molecule has 6 heteroatoms. The van der Waals surface area contributed by atoms with Crippen LogP contribution >= 0.6 is 12.4 Å². The molecule has 1 fully saturated rings. The number of hydrogen-bond donors (Lipinski definition) is 2. The molecule has 1 aliphatic rings. The molecule has 20 heavy (non-hydrogen) atoms. The van der Waals surface area contributed by atoms with Crippen molar-refractivity contribution in [3.05, 3.63) is 35.4 Å². The number of benzene rings is 1. The third-order valence-corrected chi connectivity index (χ3v) is 3.42. The maximum Gasteiger partial charge on any atom is 0.220 e. The molecule has 1 saturated carbocycles. The summed E-state index contributed by atoms with van der Waals surface area (Å²) < 4.78 is 26.3. The van der Waals surface area contributed by atoms with Crippen molar-refractivity contribution >= 4 is 18.3 Å². The Bertz CT molecular complexity index is 466. The number of rotatable bonds is 6. The van der Waals surface area contributed by atoms with Crippen LogP contribution < -0.4 is 11.1 Å². The molecule has 0 heterocycles. The van der Waals surface area contributed by atoms with Crippen LogP contribution in [0.5, 0.6) is 0 Å². The first-order chi connectivity index (χ1) is 9.08. The molecular formula is C14H19ClF2N2O. The summed E-state index contributed by atoms with van der Waals surface area (Å²) in [5.74, 6) is -1.40. The summed E-state index contributed by atoms with van der Waals surface area (Å²) in [7, 11) is 0. The second-order valence-electron chi connectivity index (χ2n) is 5.02. The third kappa shape index (κ3) is 4.72. The molecule has 3 nitrogen and oxygen atoms in total. The number of carbonyl (C=O) groups excluding carboxylic acids is 1. The van der Waals surface area contributed by atoms with Crippen LogP contribution in [0.1, 0.15) is 24.8 Å². The number of aryl methyl sites for hydroxylation is 1. The number of amides is 1. The fourth-order valence-corrected chi connectivity index (χ4v) is 2.00. The molecule has 112 valence electrons. The SMILES string of the molecule is Cl.NC(CNC(=O)CCc1cccc(F)c1F)C1CC1. The van der Waals surface area contributed by atoms with Crippen LogP contribution in [0, 0.1) is 17.6 Å². The van der Waals surface area contributed by atoms with Gasteiger partial charge in [-0.15, -0.1) is 12.4 Å². The smallest absolute Gasteiger partial charge is 0.220 e. The molecule has 0 spiro atoms. The predicted molar refractivity (Wildman–Crippen MR) is 75.6 cm³/mol. The van der Waals surface area contributed by atoms with Crippen LogP contribution in [0.2, 0.25) is 0 Å². The lowest BCUT2D eigenvalue weighted by Crippen LogP contribution is -2.38. The van der Waals surface area contributed by atoms with Crippen molar-refractivity contribution in [1.82, 2.24) is 5.32 Å². The van der Waals surface area contributed by atoms with Gasteiger partial charge < -0.3 is 11.1 Å². The van der Waals surface area contributed by atoms with E-state index in [-0.39, 0.29) is 42.8 Å². The van der Waals surface area contributed by atoms with E-state index in [1.165, 1.54) is 12.1 Å². The first-order valence-corrected chi connectivity index (χ1v) is 6.53. The minimum atomic E-state index is -0.881. The summed E-state index contributed by atoms with van der Waals surface area (Å²) in [5.41, 5.74) is 6.08. The topological polar surface area (TPSA) is 55.1 Å². The van der Waals surface area contributed by atoms with Gasteiger partial charge in [0, 0.05) is 19.0 Å². The lowest BCUT2D eigenvalue weighted by Gasteiger charge is -2.11. The van der Waals surface area contributed by atoms with E-state index in [4.69, 9.17) is 5.73 Å². The van der Waals surface area contributed by atoms with Gasteiger partial charge in [0.15, 0.2) is 11.6 Å². The van der Waals surface area contributed by atoms with Crippen LogP contribution in [0.25, 0.3) is 0 Å². The quantitative estimate of drug-likeness (QED) is 0.846. The Morgan fingerprint density at radius 3 is 2.75 bits per heavy atom. The monoisotopic (exact) mass is 304 g/mol. The zero-order valence-electron chi connectivity index (χ0n) is 11.1. The molecule has 1 aromatic carbocycles. The highest BCUT2D eigenvalue weighted by Crippen LogP contribution is 2.31. The Balaban J connectivity index is 0.00000200. The second-order valence-corrected chi connectivity index (χ2v) is 5.02. The fourth-order valence-electron chi connectivity index (χ4n) is 2.00. The zero-order valence-corrected chi connectivity index (χ0v) is 11.9. The fraction of sp³-hybridized carbons (Fsp3) is 0.500. The van der Waals surface area contributed by atoms with Gasteiger partial charge in [0.1, 0.15) is 0 Å². The van der Waals surface area contributed by atoms with E-state index in [0.29, 0.717) is 12.5 Å². The van der Waals surface area contributed by atoms with Crippen molar-refractivity contribution in [2.24, 2.45) is 11.7 Å². The van der Waals surface area contributed by atoms with Crippen LogP contribution in [-0.2, 0) is 11.2 Å². The molecule has 0 aliphatic heterocycles. The predicted octanol–water partition coefficient (Wildman–Crippen LogP) is 2.17. The zero-order chi connectivity index (χ0) is 13.8. The Hall–Kier alpha value is -1.20. The maximum absolute atomic E-state index is 13.4. The van der Waals surface area contributed by atoms with Gasteiger partial charge in [0.25, 0.3) is 0 Å². The number of carbonyl (C=O) groups is 1. The number of nitrogens with two attached hydrogens (primary N) is 1. The molecule has 1 amide bonds. The van der Waals surface area contributed by atoms with E-state index in [2.05, 4.69) is 5.32 Å². The van der Waals surface area contributed by atoms with Crippen LogP contribution in [0.15, 0.2) is 18.2 Å². The molecule has 1 atom stereocenters. The largest absolute Gasteiger partial charge is 0.355 e. The highest BCUT2D eigenvalue weighted by atomic mass is 35.5. The maximum atomic E-state index is 13.4. The van der Waals surface area contributed by atoms with Gasteiger partial charge >= 0.3 is 0 Å². The average Bonchev–Trinajstić information content (AvgIpc) is 3.22. The first kappa shape index (κ1) is 16.9. The molecule has 2 rings (SSSR count). The van der Waals surface area contributed by atoms with Crippen molar-refractivity contribution in [2.75, 3.05) is 6.54 Å². The van der Waals surface area contributed by atoms with E-state index in [1.54, 1.807) is 0 Å². The normalized spacial score (nSPS) is 15.3. The van der Waals surface area contributed by atoms with Gasteiger partial charge in [0.05, 0.1) is 0 Å². The average molecular weight is 305 g/mol. The van der Waals surface area contributed by atoms with Crippen LogP contribution in [-0.4, -0.2) is 18.5 Å². The second kappa shape index (κ2) is 7.55. The molecule has 1 aliphatic carbocycles. The van der Waals surface area contributed by atoms with Crippen LogP contribution in [0.4, 0.5) is 8.78 Å². The molecular weight excluding hydrogens is 286 g/mol. The summed E-state index contributed by atoms with van der Waals surface area (Å²) in [6.45, 7) is 0.454. The number of halogens is 3. The Morgan fingerprint density at radius 1 is 1.40 bits per heavy atom. The molecule has 0 aromatic heterocycles. The summed E-state index contributed by atoms with van der Waals surface area (Å²) in [6.07, 6.45) is 2.59. The van der Waals surface area contributed by atoms with Gasteiger partial charge in [-0.2, -0.15) is 0 Å². The van der Waals surface area contributed by atoms with Crippen LogP contribution in [0.3, 0.4) is 0 Å². The van der Waals surface area contributed by atoms with Crippen molar-refractivity contribution in [1.29, 1.82) is 0 Å². The van der Waals surface area contributed by atoms with E-state index < -0.39 is 11.6 Å². The molecule has 0 bridgehead atoms. The van der Waals surface area contributed by atoms with E-state index in [0.717, 1.165) is 18.9 Å². The third-order valence-electron chi connectivity index (χ3n) is 3.42. The summed E-state index contributed by atoms with van der Waals surface area (Å²) in [5, 5.41) is 2.73. The summed E-state index contributed by atoms with van der Waals surface area (Å²) >= 11 is 0. The summed E-state index contributed by atoms with van der Waals surface area (Å²) in [6, 6.07) is 4.00. The molecule has 1 unspecified atom stereocenters. The van der Waals surface area contributed by atoms with Gasteiger partial charge in [-0.1, -0.05) is 12.1 Å². The highest BCUT2D eigenvalue weighted by molar-refractivity contribution is 5.85. The minimum absolute atomic E-state index is 0. The van der Waals surface area contributed by atoms with Gasteiger partial charge in [0.2, 0.25) is 5.91 Å². The van der Waals surface area contributed by atoms with Crippen molar-refractivity contribution in [3.8, 4) is 0 Å². The van der Waals surface area contributed by atoms with Crippen molar-refractivity contribution in [3.63, 3.8) is 0 Å². The van der Waals surface area contributed by atoms with E-state index >= 15 is 0 Å². The lowest BCUT2D eigenvalue weighted by molar-refractivity contribution is -0.121. The van der Waals surface area contributed by atoms with Crippen molar-refractivity contribution < 1.29 is 13.6 Å². The first-order valence-electron chi connectivity index (χ1n) is 6.53. The minimum Gasteiger partial charge on any atom is -0.355 e. The molecule has 0 saturated heterocycles. The number of hydrogen-bond acceptors (Lipinski definition) is 2. The Labute approximate surface area is 123 Å². The molecule has 3 N–H and O–H groups in total. The Morgan fingerprint density at radius 2 is 2.10 bits per heavy atom. The lowest BCUT2D eigenvalue weighted by atomic mass is 10.1. The van der Waals surface area contributed by atoms with Gasteiger partial charge in [-0.05, 0) is 36.8 Å².